The molecule has 1 atom stereocenters. The predicted octanol–water partition coefficient (Wildman–Crippen LogP) is 3.07. The minimum absolute atomic E-state index is 0.0388. The number of amides is 2. The number of benzene rings is 2. The number of fused-ring (bicyclic) bond motifs is 1. The third-order valence-electron chi connectivity index (χ3n) is 4.83. The second-order valence-electron chi connectivity index (χ2n) is 7.15. The Morgan fingerprint density at radius 3 is 2.77 bits per heavy atom. The molecule has 1 aliphatic rings. The Balaban J connectivity index is 1.45. The SMILES string of the molecule is C[C@@H](NC(=O)COc1ccc2c(c1)CCCC2)C(=O)N/N=C\c1cc(Br)ccc1O. The highest BCUT2D eigenvalue weighted by atomic mass is 79.9. The van der Waals surface area contributed by atoms with Crippen molar-refractivity contribution in [2.24, 2.45) is 5.10 Å². The molecule has 0 fully saturated rings. The van der Waals surface area contributed by atoms with Gasteiger partial charge in [0.2, 0.25) is 0 Å². The molecule has 0 radical (unpaired) electrons. The van der Waals surface area contributed by atoms with Crippen molar-refractivity contribution in [2.45, 2.75) is 38.6 Å². The summed E-state index contributed by atoms with van der Waals surface area (Å²) in [6.07, 6.45) is 5.84. The number of aryl methyl sites for hydroxylation is 2. The van der Waals surface area contributed by atoms with Gasteiger partial charge in [-0.15, -0.1) is 0 Å². The van der Waals surface area contributed by atoms with Crippen molar-refractivity contribution in [3.05, 3.63) is 57.6 Å². The van der Waals surface area contributed by atoms with Crippen LogP contribution in [-0.4, -0.2) is 35.8 Å². The van der Waals surface area contributed by atoms with E-state index in [0.717, 1.165) is 17.3 Å². The lowest BCUT2D eigenvalue weighted by molar-refractivity contribution is -0.129. The van der Waals surface area contributed by atoms with Crippen LogP contribution < -0.4 is 15.5 Å². The van der Waals surface area contributed by atoms with Gasteiger partial charge in [0.1, 0.15) is 17.5 Å². The summed E-state index contributed by atoms with van der Waals surface area (Å²) in [7, 11) is 0. The quantitative estimate of drug-likeness (QED) is 0.424. The molecular formula is C22H24BrN3O4. The van der Waals surface area contributed by atoms with E-state index in [1.165, 1.54) is 36.2 Å². The van der Waals surface area contributed by atoms with Crippen molar-refractivity contribution in [1.82, 2.24) is 10.7 Å². The molecule has 3 rings (SSSR count). The van der Waals surface area contributed by atoms with Gasteiger partial charge in [-0.25, -0.2) is 5.43 Å². The molecular weight excluding hydrogens is 450 g/mol. The molecule has 2 aromatic carbocycles. The number of rotatable bonds is 7. The van der Waals surface area contributed by atoms with E-state index in [2.05, 4.69) is 37.8 Å². The highest BCUT2D eigenvalue weighted by Gasteiger charge is 2.16. The van der Waals surface area contributed by atoms with Gasteiger partial charge in [0.25, 0.3) is 11.8 Å². The number of carbonyl (C=O) groups is 2. The van der Waals surface area contributed by atoms with Crippen LogP contribution in [0.15, 0.2) is 46.0 Å². The maximum absolute atomic E-state index is 12.1. The zero-order valence-corrected chi connectivity index (χ0v) is 18.2. The Morgan fingerprint density at radius 2 is 1.97 bits per heavy atom. The number of aromatic hydroxyl groups is 1. The number of nitrogens with one attached hydrogen (secondary N) is 2. The maximum atomic E-state index is 12.1. The predicted molar refractivity (Wildman–Crippen MR) is 118 cm³/mol. The number of halogens is 1. The fraction of sp³-hybridized carbons (Fsp3) is 0.318. The number of hydrogen-bond donors (Lipinski definition) is 3. The second kappa shape index (κ2) is 10.2. The number of phenols is 1. The highest BCUT2D eigenvalue weighted by Crippen LogP contribution is 2.25. The third-order valence-corrected chi connectivity index (χ3v) is 5.32. The summed E-state index contributed by atoms with van der Waals surface area (Å²) in [6, 6.07) is 9.99. The molecule has 8 heteroatoms. The Bertz CT molecular complexity index is 961. The molecule has 0 unspecified atom stereocenters. The first-order chi connectivity index (χ1) is 14.4. The van der Waals surface area contributed by atoms with E-state index in [1.54, 1.807) is 19.1 Å². The van der Waals surface area contributed by atoms with Crippen molar-refractivity contribution >= 4 is 34.0 Å². The summed E-state index contributed by atoms with van der Waals surface area (Å²) < 4.78 is 6.34. The number of ether oxygens (including phenoxy) is 1. The van der Waals surface area contributed by atoms with Crippen LogP contribution in [0.2, 0.25) is 0 Å². The van der Waals surface area contributed by atoms with Crippen molar-refractivity contribution in [2.75, 3.05) is 6.61 Å². The average molecular weight is 474 g/mol. The van der Waals surface area contributed by atoms with Gasteiger partial charge >= 0.3 is 0 Å². The van der Waals surface area contributed by atoms with E-state index in [-0.39, 0.29) is 12.4 Å². The summed E-state index contributed by atoms with van der Waals surface area (Å²) in [5, 5.41) is 16.1. The van der Waals surface area contributed by atoms with Crippen molar-refractivity contribution in [3.8, 4) is 11.5 Å². The van der Waals surface area contributed by atoms with E-state index in [4.69, 9.17) is 4.74 Å². The molecule has 0 aliphatic heterocycles. The molecule has 1 aliphatic carbocycles. The van der Waals surface area contributed by atoms with Crippen molar-refractivity contribution in [1.29, 1.82) is 0 Å². The number of carbonyl (C=O) groups excluding carboxylic acids is 2. The van der Waals surface area contributed by atoms with E-state index < -0.39 is 17.9 Å². The first-order valence-electron chi connectivity index (χ1n) is 9.78. The van der Waals surface area contributed by atoms with Crippen LogP contribution in [-0.2, 0) is 22.4 Å². The van der Waals surface area contributed by atoms with Gasteiger partial charge in [-0.3, -0.25) is 9.59 Å². The van der Waals surface area contributed by atoms with Crippen LogP contribution in [0.5, 0.6) is 11.5 Å². The van der Waals surface area contributed by atoms with Gasteiger partial charge in [-0.05, 0) is 74.1 Å². The molecule has 0 heterocycles. The largest absolute Gasteiger partial charge is 0.507 e. The molecule has 0 bridgehead atoms. The van der Waals surface area contributed by atoms with E-state index in [1.807, 2.05) is 12.1 Å². The number of nitrogens with zero attached hydrogens (tertiary/aromatic N) is 1. The van der Waals surface area contributed by atoms with Gasteiger partial charge in [0.15, 0.2) is 6.61 Å². The van der Waals surface area contributed by atoms with E-state index in [0.29, 0.717) is 11.3 Å². The number of hydrazone groups is 1. The Labute approximate surface area is 183 Å². The van der Waals surface area contributed by atoms with Gasteiger partial charge in [-0.1, -0.05) is 22.0 Å². The van der Waals surface area contributed by atoms with Crippen LogP contribution in [0.3, 0.4) is 0 Å². The standard InChI is InChI=1S/C22H24BrN3O4/c1-14(22(29)26-24-12-17-10-18(23)7-9-20(17)27)25-21(28)13-30-19-8-6-15-4-2-3-5-16(15)11-19/h6-12,14,27H,2-5,13H2,1H3,(H,25,28)(H,26,29)/b24-12-/t14-/m1/s1. The lowest BCUT2D eigenvalue weighted by Crippen LogP contribution is -2.45. The number of phenolic OH excluding ortho intramolecular Hbond substituents is 1. The zero-order chi connectivity index (χ0) is 21.5. The first kappa shape index (κ1) is 21.8. The Kier molecular flexibility index (Phi) is 7.46. The summed E-state index contributed by atoms with van der Waals surface area (Å²) >= 11 is 3.30. The highest BCUT2D eigenvalue weighted by molar-refractivity contribution is 9.10. The topological polar surface area (TPSA) is 100 Å². The van der Waals surface area contributed by atoms with Crippen LogP contribution in [0.4, 0.5) is 0 Å². The third kappa shape index (κ3) is 6.06. The smallest absolute Gasteiger partial charge is 0.262 e. The second-order valence-corrected chi connectivity index (χ2v) is 8.07. The Morgan fingerprint density at radius 1 is 1.20 bits per heavy atom. The minimum Gasteiger partial charge on any atom is -0.507 e. The van der Waals surface area contributed by atoms with Crippen LogP contribution in [0, 0.1) is 0 Å². The van der Waals surface area contributed by atoms with Crippen molar-refractivity contribution < 1.29 is 19.4 Å². The molecule has 7 nitrogen and oxygen atoms in total. The van der Waals surface area contributed by atoms with Gasteiger partial charge in [0.05, 0.1) is 6.21 Å². The fourth-order valence-electron chi connectivity index (χ4n) is 3.19. The van der Waals surface area contributed by atoms with Crippen LogP contribution in [0.25, 0.3) is 0 Å². The van der Waals surface area contributed by atoms with E-state index >= 15 is 0 Å². The van der Waals surface area contributed by atoms with Crippen LogP contribution in [0.1, 0.15) is 36.5 Å². The molecule has 0 saturated carbocycles. The molecule has 2 aromatic rings. The molecule has 30 heavy (non-hydrogen) atoms. The lowest BCUT2D eigenvalue weighted by atomic mass is 9.92. The van der Waals surface area contributed by atoms with Crippen molar-refractivity contribution in [3.63, 3.8) is 0 Å². The summed E-state index contributed by atoms with van der Waals surface area (Å²) in [5.74, 6) is -0.190. The van der Waals surface area contributed by atoms with E-state index in [9.17, 15) is 14.7 Å². The minimum atomic E-state index is -0.794. The number of hydrogen-bond acceptors (Lipinski definition) is 5. The molecule has 2 amide bonds. The molecule has 0 aromatic heterocycles. The monoisotopic (exact) mass is 473 g/mol. The lowest BCUT2D eigenvalue weighted by Gasteiger charge is -2.17. The Hall–Kier alpha value is -2.87. The average Bonchev–Trinajstić information content (AvgIpc) is 2.74. The van der Waals surface area contributed by atoms with Crippen LogP contribution >= 0.6 is 15.9 Å². The molecule has 3 N–H and O–H groups in total. The first-order valence-corrected chi connectivity index (χ1v) is 10.6. The molecule has 0 spiro atoms. The summed E-state index contributed by atoms with van der Waals surface area (Å²) in [4.78, 5) is 24.2. The zero-order valence-electron chi connectivity index (χ0n) is 16.7. The summed E-state index contributed by atoms with van der Waals surface area (Å²) in [5.41, 5.74) is 5.41. The van der Waals surface area contributed by atoms with Gasteiger partial charge in [-0.2, -0.15) is 5.10 Å². The van der Waals surface area contributed by atoms with Gasteiger partial charge in [0, 0.05) is 10.0 Å². The normalized spacial score (nSPS) is 14.1. The molecule has 158 valence electrons. The van der Waals surface area contributed by atoms with Gasteiger partial charge < -0.3 is 15.2 Å². The fourth-order valence-corrected chi connectivity index (χ4v) is 3.57. The molecule has 0 saturated heterocycles. The maximum Gasteiger partial charge on any atom is 0.262 e. The summed E-state index contributed by atoms with van der Waals surface area (Å²) in [6.45, 7) is 1.38.